The standard InChI is InChI=1S/C30H34N8O2/c1-16(2)38-17(3)22(15-32-38)25-34-24-21(12-13-31-26(24)35-25)19-10-11-20-18(14-19)8-7-9-23(20)33-27(39)28-36-29(37-40-28)30(4,5)6/h10-16,23H,7-9H2,1-6H3,(H,33,39)(H,31,34,35)/t23-/m0/s1. The third kappa shape index (κ3) is 4.57. The molecule has 2 N–H and O–H groups in total. The molecule has 0 bridgehead atoms. The third-order valence-corrected chi connectivity index (χ3v) is 7.55. The highest BCUT2D eigenvalue weighted by atomic mass is 16.5. The number of benzene rings is 1. The molecule has 0 spiro atoms. The van der Waals surface area contributed by atoms with Crippen molar-refractivity contribution in [1.82, 2.24) is 40.2 Å². The van der Waals surface area contributed by atoms with Crippen LogP contribution in [0.2, 0.25) is 0 Å². The van der Waals surface area contributed by atoms with Crippen LogP contribution in [0.3, 0.4) is 0 Å². The van der Waals surface area contributed by atoms with Crippen molar-refractivity contribution in [3.05, 3.63) is 65.2 Å². The monoisotopic (exact) mass is 538 g/mol. The number of nitrogens with one attached hydrogen (secondary N) is 2. The molecule has 206 valence electrons. The minimum absolute atomic E-state index is 0.00271. The first kappa shape index (κ1) is 25.9. The molecule has 4 aromatic heterocycles. The predicted molar refractivity (Wildman–Crippen MR) is 152 cm³/mol. The van der Waals surface area contributed by atoms with E-state index in [1.54, 1.807) is 6.20 Å². The lowest BCUT2D eigenvalue weighted by Crippen LogP contribution is -2.31. The minimum atomic E-state index is -0.346. The van der Waals surface area contributed by atoms with E-state index in [1.807, 2.05) is 37.7 Å². The van der Waals surface area contributed by atoms with Gasteiger partial charge in [0.05, 0.1) is 23.3 Å². The fraction of sp³-hybridized carbons (Fsp3) is 0.400. The van der Waals surface area contributed by atoms with Gasteiger partial charge < -0.3 is 14.8 Å². The SMILES string of the molecule is Cc1c(-c2nc3nccc(-c4ccc5c(c4)CCC[C@@H]5NC(=O)c4nc(C(C)(C)C)no4)c3[nH]2)cnn1C(C)C. The smallest absolute Gasteiger partial charge is 0.315 e. The Morgan fingerprint density at radius 3 is 2.73 bits per heavy atom. The average molecular weight is 539 g/mol. The van der Waals surface area contributed by atoms with Gasteiger partial charge in [-0.15, -0.1) is 0 Å². The Bertz CT molecular complexity index is 1720. The van der Waals surface area contributed by atoms with Crippen LogP contribution < -0.4 is 5.32 Å². The summed E-state index contributed by atoms with van der Waals surface area (Å²) in [7, 11) is 0. The summed E-state index contributed by atoms with van der Waals surface area (Å²) in [6.45, 7) is 12.2. The Hall–Kier alpha value is -4.34. The number of amides is 1. The third-order valence-electron chi connectivity index (χ3n) is 7.55. The van der Waals surface area contributed by atoms with Gasteiger partial charge in [0, 0.05) is 28.9 Å². The number of H-pyrrole nitrogens is 1. The van der Waals surface area contributed by atoms with Crippen LogP contribution in [0.25, 0.3) is 33.7 Å². The molecule has 10 heteroatoms. The van der Waals surface area contributed by atoms with E-state index in [0.29, 0.717) is 11.5 Å². The van der Waals surface area contributed by atoms with Gasteiger partial charge in [0.25, 0.3) is 0 Å². The van der Waals surface area contributed by atoms with Gasteiger partial charge in [-0.05, 0) is 62.8 Å². The van der Waals surface area contributed by atoms with Gasteiger partial charge in [0.15, 0.2) is 11.5 Å². The Labute approximate surface area is 232 Å². The Kier molecular flexibility index (Phi) is 6.28. The second kappa shape index (κ2) is 9.69. The molecule has 6 rings (SSSR count). The first-order valence-corrected chi connectivity index (χ1v) is 13.8. The van der Waals surface area contributed by atoms with E-state index in [4.69, 9.17) is 9.51 Å². The van der Waals surface area contributed by atoms with Crippen LogP contribution in [0.4, 0.5) is 0 Å². The number of hydrogen-bond donors (Lipinski definition) is 2. The number of fused-ring (bicyclic) bond motifs is 2. The van der Waals surface area contributed by atoms with Crippen molar-refractivity contribution in [2.75, 3.05) is 0 Å². The van der Waals surface area contributed by atoms with Crippen molar-refractivity contribution in [2.24, 2.45) is 0 Å². The number of carbonyl (C=O) groups is 1. The maximum absolute atomic E-state index is 12.9. The molecule has 0 radical (unpaired) electrons. The van der Waals surface area contributed by atoms with E-state index >= 15 is 0 Å². The molecule has 0 fully saturated rings. The number of pyridine rings is 1. The van der Waals surface area contributed by atoms with Crippen molar-refractivity contribution < 1.29 is 9.32 Å². The Balaban J connectivity index is 1.29. The predicted octanol–water partition coefficient (Wildman–Crippen LogP) is 5.87. The summed E-state index contributed by atoms with van der Waals surface area (Å²) in [5, 5.41) is 11.6. The van der Waals surface area contributed by atoms with Gasteiger partial charge in [-0.1, -0.05) is 44.1 Å². The summed E-state index contributed by atoms with van der Waals surface area (Å²) in [6, 6.07) is 8.60. The molecule has 5 aromatic rings. The number of carbonyl (C=O) groups excluding carboxylic acids is 1. The molecular formula is C30H34N8O2. The van der Waals surface area contributed by atoms with Gasteiger partial charge in [-0.25, -0.2) is 9.97 Å². The summed E-state index contributed by atoms with van der Waals surface area (Å²) >= 11 is 0. The molecule has 0 aliphatic heterocycles. The molecule has 1 atom stereocenters. The lowest BCUT2D eigenvalue weighted by Gasteiger charge is -2.26. The van der Waals surface area contributed by atoms with Crippen molar-refractivity contribution in [3.63, 3.8) is 0 Å². The van der Waals surface area contributed by atoms with Crippen LogP contribution in [0.5, 0.6) is 0 Å². The Morgan fingerprint density at radius 1 is 1.18 bits per heavy atom. The van der Waals surface area contributed by atoms with Crippen molar-refractivity contribution in [1.29, 1.82) is 0 Å². The second-order valence-corrected chi connectivity index (χ2v) is 11.8. The first-order valence-electron chi connectivity index (χ1n) is 13.8. The molecule has 10 nitrogen and oxygen atoms in total. The van der Waals surface area contributed by atoms with Crippen LogP contribution in [-0.2, 0) is 11.8 Å². The zero-order chi connectivity index (χ0) is 28.2. The van der Waals surface area contributed by atoms with E-state index in [9.17, 15) is 4.79 Å². The molecule has 1 aliphatic rings. The van der Waals surface area contributed by atoms with Crippen LogP contribution in [-0.4, -0.2) is 40.8 Å². The van der Waals surface area contributed by atoms with Gasteiger partial charge in [0.2, 0.25) is 0 Å². The van der Waals surface area contributed by atoms with E-state index < -0.39 is 0 Å². The summed E-state index contributed by atoms with van der Waals surface area (Å²) in [6.07, 6.45) is 6.42. The quantitative estimate of drug-likeness (QED) is 0.287. The number of nitrogens with zero attached hydrogens (tertiary/aromatic N) is 6. The maximum Gasteiger partial charge on any atom is 0.315 e. The summed E-state index contributed by atoms with van der Waals surface area (Å²) in [4.78, 5) is 30.1. The fourth-order valence-electron chi connectivity index (χ4n) is 5.43. The molecule has 0 saturated heterocycles. The zero-order valence-electron chi connectivity index (χ0n) is 23.7. The number of hydrogen-bond acceptors (Lipinski definition) is 7. The molecule has 1 amide bonds. The highest BCUT2D eigenvalue weighted by molar-refractivity contribution is 5.92. The summed E-state index contributed by atoms with van der Waals surface area (Å²) < 4.78 is 7.26. The van der Waals surface area contributed by atoms with Crippen LogP contribution in [0, 0.1) is 6.92 Å². The van der Waals surface area contributed by atoms with Crippen LogP contribution in [0.15, 0.2) is 41.2 Å². The topological polar surface area (TPSA) is 127 Å². The first-order chi connectivity index (χ1) is 19.1. The van der Waals surface area contributed by atoms with Gasteiger partial charge in [-0.3, -0.25) is 9.48 Å². The molecule has 1 aliphatic carbocycles. The minimum Gasteiger partial charge on any atom is -0.341 e. The fourth-order valence-corrected chi connectivity index (χ4v) is 5.43. The number of aryl methyl sites for hydroxylation is 1. The van der Waals surface area contributed by atoms with Crippen LogP contribution in [0.1, 0.15) is 92.9 Å². The normalized spacial score (nSPS) is 15.5. The molecule has 40 heavy (non-hydrogen) atoms. The number of aromatic nitrogens is 7. The highest BCUT2D eigenvalue weighted by Crippen LogP contribution is 2.35. The Morgan fingerprint density at radius 2 is 2.00 bits per heavy atom. The zero-order valence-corrected chi connectivity index (χ0v) is 23.7. The van der Waals surface area contributed by atoms with Crippen molar-refractivity contribution in [2.45, 2.75) is 78.3 Å². The largest absolute Gasteiger partial charge is 0.341 e. The number of rotatable bonds is 5. The lowest BCUT2D eigenvalue weighted by atomic mass is 9.85. The van der Waals surface area contributed by atoms with Crippen LogP contribution >= 0.6 is 0 Å². The highest BCUT2D eigenvalue weighted by Gasteiger charge is 2.28. The van der Waals surface area contributed by atoms with E-state index in [2.05, 4.69) is 69.5 Å². The molecular weight excluding hydrogens is 504 g/mol. The van der Waals surface area contributed by atoms with E-state index in [1.165, 1.54) is 5.56 Å². The van der Waals surface area contributed by atoms with E-state index in [0.717, 1.165) is 58.6 Å². The average Bonchev–Trinajstić information content (AvgIpc) is 3.66. The lowest BCUT2D eigenvalue weighted by molar-refractivity contribution is 0.0888. The summed E-state index contributed by atoms with van der Waals surface area (Å²) in [5.41, 5.74) is 7.74. The van der Waals surface area contributed by atoms with Crippen molar-refractivity contribution >= 4 is 17.1 Å². The maximum atomic E-state index is 12.9. The number of imidazole rings is 1. The van der Waals surface area contributed by atoms with Crippen molar-refractivity contribution in [3.8, 4) is 22.5 Å². The molecule has 1 aromatic carbocycles. The van der Waals surface area contributed by atoms with Gasteiger partial charge in [0.1, 0.15) is 5.82 Å². The van der Waals surface area contributed by atoms with E-state index in [-0.39, 0.29) is 29.3 Å². The number of aromatic amines is 1. The summed E-state index contributed by atoms with van der Waals surface area (Å²) in [5.74, 6) is 0.926. The molecule has 4 heterocycles. The van der Waals surface area contributed by atoms with Gasteiger partial charge >= 0.3 is 11.8 Å². The molecule has 0 saturated carbocycles. The van der Waals surface area contributed by atoms with Gasteiger partial charge in [-0.2, -0.15) is 10.1 Å². The second-order valence-electron chi connectivity index (χ2n) is 11.8. The molecule has 0 unspecified atom stereocenters.